The van der Waals surface area contributed by atoms with Crippen LogP contribution in [0.1, 0.15) is 24.5 Å². The minimum Gasteiger partial charge on any atom is -0.303 e. The molecule has 2 aromatic heterocycles. The number of ketones is 1. The van der Waals surface area contributed by atoms with E-state index in [1.807, 2.05) is 6.92 Å². The van der Waals surface area contributed by atoms with E-state index in [9.17, 15) is 24.0 Å². The molecule has 0 bridgehead atoms. The van der Waals surface area contributed by atoms with Gasteiger partial charge >= 0.3 is 11.4 Å². The summed E-state index contributed by atoms with van der Waals surface area (Å²) in [6.07, 6.45) is 6.71. The third-order valence-electron chi connectivity index (χ3n) is 5.52. The highest BCUT2D eigenvalue weighted by atomic mass is 16.2. The fourth-order valence-electron chi connectivity index (χ4n) is 3.83. The summed E-state index contributed by atoms with van der Waals surface area (Å²) >= 11 is 0. The molecule has 10 nitrogen and oxygen atoms in total. The molecule has 170 valence electrons. The van der Waals surface area contributed by atoms with E-state index in [2.05, 4.69) is 4.90 Å². The quantitative estimate of drug-likeness (QED) is 0.578. The lowest BCUT2D eigenvalue weighted by Gasteiger charge is -2.29. The number of hydrogen-bond donors (Lipinski definition) is 0. The van der Waals surface area contributed by atoms with Crippen molar-refractivity contribution in [1.82, 2.24) is 23.2 Å². The first kappa shape index (κ1) is 23.1. The second-order valence-corrected chi connectivity index (χ2v) is 8.06. The minimum atomic E-state index is -0.488. The number of nitrogens with zero attached hydrogens (tertiary/aromatic N) is 5. The van der Waals surface area contributed by atoms with Gasteiger partial charge in [0.05, 0.1) is 11.1 Å². The average molecular weight is 441 g/mol. The maximum absolute atomic E-state index is 13.3. The molecule has 10 heteroatoms. The molecule has 0 aliphatic carbocycles. The van der Waals surface area contributed by atoms with Crippen LogP contribution in [0.2, 0.25) is 0 Å². The maximum Gasteiger partial charge on any atom is 0.330 e. The summed E-state index contributed by atoms with van der Waals surface area (Å²) in [6, 6.07) is 0. The molecular formula is C22H27N5O5. The van der Waals surface area contributed by atoms with Gasteiger partial charge in [0.1, 0.15) is 0 Å². The van der Waals surface area contributed by atoms with Crippen molar-refractivity contribution in [2.24, 2.45) is 28.2 Å². The molecule has 1 aliphatic rings. The van der Waals surface area contributed by atoms with E-state index < -0.39 is 22.5 Å². The van der Waals surface area contributed by atoms with Gasteiger partial charge < -0.3 is 9.13 Å². The summed E-state index contributed by atoms with van der Waals surface area (Å²) in [5.41, 5.74) is -0.627. The molecule has 2 aromatic rings. The lowest BCUT2D eigenvalue weighted by Crippen LogP contribution is -2.40. The number of hydrogen-bond acceptors (Lipinski definition) is 6. The highest BCUT2D eigenvalue weighted by Crippen LogP contribution is 2.21. The molecule has 1 aliphatic heterocycles. The van der Waals surface area contributed by atoms with Crippen molar-refractivity contribution in [2.75, 3.05) is 19.6 Å². The van der Waals surface area contributed by atoms with Crippen LogP contribution in [0, 0.1) is 0 Å². The summed E-state index contributed by atoms with van der Waals surface area (Å²) < 4.78 is 4.56. The number of rotatable bonds is 4. The monoisotopic (exact) mass is 441 g/mol. The molecule has 0 radical (unpaired) electrons. The summed E-state index contributed by atoms with van der Waals surface area (Å²) in [5, 5.41) is 0. The number of aromatic nitrogens is 4. The van der Waals surface area contributed by atoms with Gasteiger partial charge in [-0.05, 0) is 25.1 Å². The molecule has 0 unspecified atom stereocenters. The molecule has 0 spiro atoms. The van der Waals surface area contributed by atoms with Gasteiger partial charge in [0.2, 0.25) is 0 Å². The summed E-state index contributed by atoms with van der Waals surface area (Å²) in [5.74, 6) is -0.274. The first-order chi connectivity index (χ1) is 15.0. The van der Waals surface area contributed by atoms with E-state index in [0.717, 1.165) is 22.1 Å². The highest BCUT2D eigenvalue weighted by Gasteiger charge is 2.26. The van der Waals surface area contributed by atoms with Gasteiger partial charge in [-0.2, -0.15) is 0 Å². The molecule has 32 heavy (non-hydrogen) atoms. The Kier molecular flexibility index (Phi) is 6.45. The molecule has 1 fully saturated rings. The normalized spacial score (nSPS) is 17.5. The molecule has 0 N–H and O–H groups in total. The summed E-state index contributed by atoms with van der Waals surface area (Å²) in [6.45, 7) is 3.44. The number of carbonyl (C=O) groups excluding carboxylic acids is 1. The van der Waals surface area contributed by atoms with Gasteiger partial charge in [-0.3, -0.25) is 28.4 Å². The maximum atomic E-state index is 13.3. The van der Waals surface area contributed by atoms with Crippen molar-refractivity contribution in [3.05, 3.63) is 76.3 Å². The second kappa shape index (κ2) is 8.91. The van der Waals surface area contributed by atoms with Gasteiger partial charge in [-0.25, -0.2) is 9.59 Å². The van der Waals surface area contributed by atoms with Crippen LogP contribution in [0.25, 0.3) is 12.2 Å². The Morgan fingerprint density at radius 1 is 0.750 bits per heavy atom. The smallest absolute Gasteiger partial charge is 0.303 e. The van der Waals surface area contributed by atoms with E-state index in [0.29, 0.717) is 24.2 Å². The summed E-state index contributed by atoms with van der Waals surface area (Å²) in [7, 11) is 5.85. The van der Waals surface area contributed by atoms with Gasteiger partial charge in [0, 0.05) is 64.8 Å². The Morgan fingerprint density at radius 2 is 1.16 bits per heavy atom. The lowest BCUT2D eigenvalue weighted by molar-refractivity contribution is -0.113. The Morgan fingerprint density at radius 3 is 1.53 bits per heavy atom. The third kappa shape index (κ3) is 4.26. The fraction of sp³-hybridized carbons (Fsp3) is 0.409. The van der Waals surface area contributed by atoms with Gasteiger partial charge in [0.15, 0.2) is 5.78 Å². The fourth-order valence-corrected chi connectivity index (χ4v) is 3.83. The van der Waals surface area contributed by atoms with Crippen LogP contribution < -0.4 is 22.5 Å². The van der Waals surface area contributed by atoms with Crippen molar-refractivity contribution < 1.29 is 4.79 Å². The van der Waals surface area contributed by atoms with Crippen molar-refractivity contribution in [3.8, 4) is 0 Å². The molecule has 0 saturated carbocycles. The van der Waals surface area contributed by atoms with Crippen LogP contribution >= 0.6 is 0 Å². The minimum absolute atomic E-state index is 0.230. The van der Waals surface area contributed by atoms with E-state index in [-0.39, 0.29) is 16.9 Å². The predicted octanol–water partition coefficient (Wildman–Crippen LogP) is -0.757. The van der Waals surface area contributed by atoms with Gasteiger partial charge in [0.25, 0.3) is 11.1 Å². The third-order valence-corrected chi connectivity index (χ3v) is 5.52. The number of likely N-dealkylation sites (tertiary alicyclic amines) is 1. The Bertz CT molecular complexity index is 1280. The number of carbonyl (C=O) groups is 1. The van der Waals surface area contributed by atoms with Crippen molar-refractivity contribution in [1.29, 1.82) is 0 Å². The molecule has 0 amide bonds. The van der Waals surface area contributed by atoms with Crippen LogP contribution in [0.5, 0.6) is 0 Å². The zero-order valence-corrected chi connectivity index (χ0v) is 18.9. The van der Waals surface area contributed by atoms with Crippen LogP contribution in [-0.4, -0.2) is 48.6 Å². The summed E-state index contributed by atoms with van der Waals surface area (Å²) in [4.78, 5) is 64.3. The predicted molar refractivity (Wildman–Crippen MR) is 122 cm³/mol. The van der Waals surface area contributed by atoms with Crippen molar-refractivity contribution in [3.63, 3.8) is 0 Å². The molecule has 3 rings (SSSR count). The van der Waals surface area contributed by atoms with Crippen molar-refractivity contribution >= 4 is 17.9 Å². The molecular weight excluding hydrogens is 414 g/mol. The first-order valence-electron chi connectivity index (χ1n) is 10.3. The van der Waals surface area contributed by atoms with Crippen LogP contribution in [-0.2, 0) is 33.0 Å². The largest absolute Gasteiger partial charge is 0.330 e. The second-order valence-electron chi connectivity index (χ2n) is 8.06. The van der Waals surface area contributed by atoms with Crippen LogP contribution in [0.4, 0.5) is 0 Å². The standard InChI is InChI=1S/C22H27N5O5/c1-6-7-27-12-14(8-16-10-23(2)21(31)25(4)19(16)29)18(28)15(13-27)9-17-11-24(3)22(32)26(5)20(17)30/h8-11H,6-7,12-13H2,1-5H3. The molecule has 3 heterocycles. The first-order valence-corrected chi connectivity index (χ1v) is 10.3. The Hall–Kier alpha value is -3.53. The van der Waals surface area contributed by atoms with E-state index >= 15 is 0 Å². The van der Waals surface area contributed by atoms with Crippen LogP contribution in [0.15, 0.2) is 42.7 Å². The number of piperidine rings is 1. The molecule has 1 saturated heterocycles. The van der Waals surface area contributed by atoms with Crippen LogP contribution in [0.3, 0.4) is 0 Å². The Balaban J connectivity index is 2.15. The average Bonchev–Trinajstić information content (AvgIpc) is 2.75. The zero-order valence-electron chi connectivity index (χ0n) is 18.9. The topological polar surface area (TPSA) is 108 Å². The zero-order chi connectivity index (χ0) is 23.7. The lowest BCUT2D eigenvalue weighted by atomic mass is 9.95. The Labute approximate surface area is 183 Å². The number of aryl methyl sites for hydroxylation is 2. The van der Waals surface area contributed by atoms with Gasteiger partial charge in [-0.1, -0.05) is 6.92 Å². The van der Waals surface area contributed by atoms with E-state index in [4.69, 9.17) is 0 Å². The highest BCUT2D eigenvalue weighted by molar-refractivity contribution is 6.14. The van der Waals surface area contributed by atoms with Crippen molar-refractivity contribution in [2.45, 2.75) is 13.3 Å². The molecule has 0 atom stereocenters. The van der Waals surface area contributed by atoms with Gasteiger partial charge in [-0.15, -0.1) is 0 Å². The molecule has 0 aromatic carbocycles. The van der Waals surface area contributed by atoms with E-state index in [1.54, 1.807) is 0 Å². The SMILES string of the molecule is CCCN1CC(=Cc2cn(C)c(=O)n(C)c2=O)C(=O)C(=Cc2cn(C)c(=O)n(C)c2=O)C1. The number of Topliss-reactive ketones (excluding diaryl/α,β-unsaturated/α-hetero) is 1. The van der Waals surface area contributed by atoms with E-state index in [1.165, 1.54) is 61.9 Å².